The van der Waals surface area contributed by atoms with E-state index in [2.05, 4.69) is 15.6 Å². The number of amides is 2. The molecule has 2 aromatic heterocycles. The number of aromatic nitrogens is 1. The summed E-state index contributed by atoms with van der Waals surface area (Å²) in [6.45, 7) is 5.25. The normalized spacial score (nSPS) is 12.6. The number of furan rings is 1. The first kappa shape index (κ1) is 20.2. The first-order valence-corrected chi connectivity index (χ1v) is 9.78. The molecule has 9 heteroatoms. The van der Waals surface area contributed by atoms with E-state index in [1.807, 2.05) is 12.1 Å². The van der Waals surface area contributed by atoms with Crippen LogP contribution in [-0.4, -0.2) is 28.6 Å². The summed E-state index contributed by atoms with van der Waals surface area (Å²) in [5.41, 5.74) is -0.0632. The second-order valence-corrected chi connectivity index (χ2v) is 8.51. The predicted molar refractivity (Wildman–Crippen MR) is 109 cm³/mol. The van der Waals surface area contributed by atoms with E-state index in [-0.39, 0.29) is 6.42 Å². The number of halogens is 1. The third kappa shape index (κ3) is 5.24. The molecule has 1 aromatic carbocycles. The van der Waals surface area contributed by atoms with Gasteiger partial charge in [0.25, 0.3) is 0 Å². The lowest BCUT2D eigenvalue weighted by atomic mass is 10.1. The van der Waals surface area contributed by atoms with Gasteiger partial charge in [-0.3, -0.25) is 4.79 Å². The molecule has 2 amide bonds. The second-order valence-electron chi connectivity index (χ2n) is 7.08. The highest BCUT2D eigenvalue weighted by molar-refractivity contribution is 7.22. The third-order valence-electron chi connectivity index (χ3n) is 3.59. The minimum absolute atomic E-state index is 0.170. The van der Waals surface area contributed by atoms with E-state index >= 15 is 0 Å². The van der Waals surface area contributed by atoms with Crippen LogP contribution in [0.25, 0.3) is 10.2 Å². The Bertz CT molecular complexity index is 979. The number of nitrogens with one attached hydrogen (secondary N) is 2. The molecule has 0 aliphatic carbocycles. The summed E-state index contributed by atoms with van der Waals surface area (Å²) in [5, 5.41) is 6.23. The molecule has 2 heterocycles. The van der Waals surface area contributed by atoms with Crippen molar-refractivity contribution in [2.75, 3.05) is 5.32 Å². The second kappa shape index (κ2) is 8.20. The van der Waals surface area contributed by atoms with Gasteiger partial charge in [0.05, 0.1) is 16.0 Å². The van der Waals surface area contributed by atoms with Crippen molar-refractivity contribution in [3.63, 3.8) is 0 Å². The lowest BCUT2D eigenvalue weighted by Gasteiger charge is -2.22. The van der Waals surface area contributed by atoms with Crippen LogP contribution in [0.1, 0.15) is 26.5 Å². The van der Waals surface area contributed by atoms with Crippen LogP contribution >= 0.6 is 22.9 Å². The van der Waals surface area contributed by atoms with Gasteiger partial charge in [-0.2, -0.15) is 0 Å². The first-order chi connectivity index (χ1) is 13.2. The van der Waals surface area contributed by atoms with Crippen molar-refractivity contribution in [2.24, 2.45) is 0 Å². The van der Waals surface area contributed by atoms with E-state index in [0.717, 1.165) is 4.70 Å². The van der Waals surface area contributed by atoms with Crippen molar-refractivity contribution in [3.05, 3.63) is 47.4 Å². The molecule has 0 aliphatic heterocycles. The monoisotopic (exact) mass is 421 g/mol. The first-order valence-electron chi connectivity index (χ1n) is 8.59. The number of carbonyl (C=O) groups is 2. The van der Waals surface area contributed by atoms with E-state index in [4.69, 9.17) is 20.8 Å². The van der Waals surface area contributed by atoms with Gasteiger partial charge in [-0.15, -0.1) is 0 Å². The molecular formula is C19H20ClN3O4S. The molecule has 0 saturated carbocycles. The maximum Gasteiger partial charge on any atom is 0.408 e. The maximum absolute atomic E-state index is 12.8. The number of hydrogen-bond donors (Lipinski definition) is 2. The summed E-state index contributed by atoms with van der Waals surface area (Å²) < 4.78 is 11.4. The molecule has 0 bridgehead atoms. The number of rotatable bonds is 5. The Morgan fingerprint density at radius 3 is 2.71 bits per heavy atom. The van der Waals surface area contributed by atoms with Crippen molar-refractivity contribution >= 4 is 50.3 Å². The van der Waals surface area contributed by atoms with Crippen LogP contribution < -0.4 is 10.6 Å². The smallest absolute Gasteiger partial charge is 0.408 e. The molecular weight excluding hydrogens is 402 g/mol. The molecule has 0 saturated heterocycles. The summed E-state index contributed by atoms with van der Waals surface area (Å²) in [7, 11) is 0. The molecule has 2 N–H and O–H groups in total. The van der Waals surface area contributed by atoms with Gasteiger partial charge in [-0.25, -0.2) is 9.78 Å². The Hall–Kier alpha value is -2.58. The lowest BCUT2D eigenvalue weighted by Crippen LogP contribution is -2.47. The van der Waals surface area contributed by atoms with Gasteiger partial charge in [0.1, 0.15) is 22.9 Å². The van der Waals surface area contributed by atoms with Crippen LogP contribution in [0.2, 0.25) is 5.02 Å². The zero-order valence-corrected chi connectivity index (χ0v) is 17.2. The van der Waals surface area contributed by atoms with Gasteiger partial charge in [-0.1, -0.05) is 29.0 Å². The Balaban J connectivity index is 1.76. The van der Waals surface area contributed by atoms with Gasteiger partial charge in [0.15, 0.2) is 5.13 Å². The minimum atomic E-state index is -0.900. The van der Waals surface area contributed by atoms with Crippen molar-refractivity contribution in [3.8, 4) is 0 Å². The van der Waals surface area contributed by atoms with E-state index in [9.17, 15) is 9.59 Å². The molecule has 28 heavy (non-hydrogen) atoms. The highest BCUT2D eigenvalue weighted by Crippen LogP contribution is 2.30. The molecule has 0 aliphatic rings. The number of thiazole rings is 1. The fraction of sp³-hybridized carbons (Fsp3) is 0.316. The van der Waals surface area contributed by atoms with Crippen LogP contribution in [0.3, 0.4) is 0 Å². The SMILES string of the molecule is CC(C)(C)OC(=O)NC(Cc1ccco1)C(=O)Nc1nc2c(Cl)cccc2s1. The van der Waals surface area contributed by atoms with Gasteiger partial charge < -0.3 is 19.8 Å². The number of carbonyl (C=O) groups excluding carboxylic acids is 2. The predicted octanol–water partition coefficient (Wildman–Crippen LogP) is 4.62. The highest BCUT2D eigenvalue weighted by atomic mass is 35.5. The zero-order valence-electron chi connectivity index (χ0n) is 15.6. The Morgan fingerprint density at radius 1 is 1.29 bits per heavy atom. The zero-order chi connectivity index (χ0) is 20.3. The minimum Gasteiger partial charge on any atom is -0.469 e. The summed E-state index contributed by atoms with van der Waals surface area (Å²) in [6.07, 6.45) is 0.989. The van der Waals surface area contributed by atoms with E-state index in [1.54, 1.807) is 39.0 Å². The van der Waals surface area contributed by atoms with E-state index in [0.29, 0.717) is 21.4 Å². The van der Waals surface area contributed by atoms with Crippen LogP contribution in [0.5, 0.6) is 0 Å². The molecule has 1 unspecified atom stereocenters. The molecule has 1 atom stereocenters. The van der Waals surface area contributed by atoms with Crippen LogP contribution in [0.15, 0.2) is 41.0 Å². The number of anilines is 1. The number of para-hydroxylation sites is 1. The summed E-state index contributed by atoms with van der Waals surface area (Å²) in [5.74, 6) is 0.126. The lowest BCUT2D eigenvalue weighted by molar-refractivity contribution is -0.118. The van der Waals surface area contributed by atoms with Crippen molar-refractivity contribution in [2.45, 2.75) is 38.8 Å². The molecule has 7 nitrogen and oxygen atoms in total. The Kier molecular flexibility index (Phi) is 5.90. The quantitative estimate of drug-likeness (QED) is 0.627. The van der Waals surface area contributed by atoms with Crippen LogP contribution in [-0.2, 0) is 16.0 Å². The Morgan fingerprint density at radius 2 is 2.07 bits per heavy atom. The fourth-order valence-electron chi connectivity index (χ4n) is 2.45. The van der Waals surface area contributed by atoms with Crippen molar-refractivity contribution in [1.82, 2.24) is 10.3 Å². The average Bonchev–Trinajstić information content (AvgIpc) is 3.22. The Labute approximate surface area is 171 Å². The van der Waals surface area contributed by atoms with Gasteiger partial charge in [-0.05, 0) is 45.0 Å². The molecule has 3 rings (SSSR count). The molecule has 0 fully saturated rings. The van der Waals surface area contributed by atoms with Gasteiger partial charge in [0, 0.05) is 6.42 Å². The number of fused-ring (bicyclic) bond motifs is 1. The van der Waals surface area contributed by atoms with Crippen LogP contribution in [0.4, 0.5) is 9.93 Å². The summed E-state index contributed by atoms with van der Waals surface area (Å²) >= 11 is 7.44. The third-order valence-corrected chi connectivity index (χ3v) is 4.83. The topological polar surface area (TPSA) is 93.5 Å². The highest BCUT2D eigenvalue weighted by Gasteiger charge is 2.26. The summed E-state index contributed by atoms with van der Waals surface area (Å²) in [6, 6.07) is 7.97. The molecule has 0 spiro atoms. The van der Waals surface area contributed by atoms with Gasteiger partial charge in [0.2, 0.25) is 5.91 Å². The molecule has 3 aromatic rings. The van der Waals surface area contributed by atoms with Crippen molar-refractivity contribution < 1.29 is 18.7 Å². The number of benzene rings is 1. The number of ether oxygens (including phenoxy) is 1. The maximum atomic E-state index is 12.8. The number of nitrogens with zero attached hydrogens (tertiary/aromatic N) is 1. The van der Waals surface area contributed by atoms with Gasteiger partial charge >= 0.3 is 6.09 Å². The van der Waals surface area contributed by atoms with E-state index < -0.39 is 23.6 Å². The fourth-order valence-corrected chi connectivity index (χ4v) is 3.62. The molecule has 148 valence electrons. The van der Waals surface area contributed by atoms with Crippen LogP contribution in [0, 0.1) is 0 Å². The standard InChI is InChI=1S/C19H20ClN3O4S/c1-19(2,3)27-18(25)21-13(10-11-6-5-9-26-11)16(24)23-17-22-15-12(20)7-4-8-14(15)28-17/h4-9,13H,10H2,1-3H3,(H,21,25)(H,22,23,24). The number of hydrogen-bond acceptors (Lipinski definition) is 6. The van der Waals surface area contributed by atoms with Crippen molar-refractivity contribution in [1.29, 1.82) is 0 Å². The average molecular weight is 422 g/mol. The molecule has 0 radical (unpaired) electrons. The summed E-state index contributed by atoms with van der Waals surface area (Å²) in [4.78, 5) is 29.3. The number of alkyl carbamates (subject to hydrolysis) is 1. The van der Waals surface area contributed by atoms with E-state index in [1.165, 1.54) is 17.6 Å². The largest absolute Gasteiger partial charge is 0.469 e.